The predicted octanol–water partition coefficient (Wildman–Crippen LogP) is 0.0378. The summed E-state index contributed by atoms with van der Waals surface area (Å²) in [7, 11) is 0. The average Bonchev–Trinajstić information content (AvgIpc) is 1.84. The standard InChI is InChI=1S/C8H17NO3/c1-7(2,3)12-6(11)8(4,9)5-10/h10H,5,9H2,1-4H3/t8-/m0/s1. The Morgan fingerprint density at radius 3 is 2.08 bits per heavy atom. The molecule has 4 nitrogen and oxygen atoms in total. The number of nitrogens with two attached hydrogens (primary N) is 1. The van der Waals surface area contributed by atoms with Gasteiger partial charge in [0.1, 0.15) is 11.1 Å². The summed E-state index contributed by atoms with van der Waals surface area (Å²) < 4.78 is 4.97. The van der Waals surface area contributed by atoms with Crippen molar-refractivity contribution in [1.29, 1.82) is 0 Å². The minimum atomic E-state index is -1.30. The number of carbonyl (C=O) groups is 1. The van der Waals surface area contributed by atoms with Crippen molar-refractivity contribution in [2.24, 2.45) is 5.73 Å². The van der Waals surface area contributed by atoms with E-state index in [4.69, 9.17) is 15.6 Å². The second kappa shape index (κ2) is 3.41. The van der Waals surface area contributed by atoms with Crippen LogP contribution in [0.25, 0.3) is 0 Å². The summed E-state index contributed by atoms with van der Waals surface area (Å²) in [6.45, 7) is 6.26. The van der Waals surface area contributed by atoms with Gasteiger partial charge >= 0.3 is 5.97 Å². The van der Waals surface area contributed by atoms with Crippen molar-refractivity contribution in [3.63, 3.8) is 0 Å². The van der Waals surface area contributed by atoms with Gasteiger partial charge in [-0.25, -0.2) is 4.79 Å². The molecule has 0 rings (SSSR count). The van der Waals surface area contributed by atoms with Crippen LogP contribution in [0.1, 0.15) is 27.7 Å². The summed E-state index contributed by atoms with van der Waals surface area (Å²) in [6.07, 6.45) is 0. The van der Waals surface area contributed by atoms with E-state index < -0.39 is 23.7 Å². The molecule has 0 radical (unpaired) electrons. The molecule has 0 aromatic carbocycles. The Bertz CT molecular complexity index is 170. The molecule has 0 spiro atoms. The summed E-state index contributed by atoms with van der Waals surface area (Å²) in [6, 6.07) is 0. The van der Waals surface area contributed by atoms with Crippen molar-refractivity contribution in [2.45, 2.75) is 38.8 Å². The molecule has 0 aliphatic carbocycles. The maximum atomic E-state index is 11.2. The molecular formula is C8H17NO3. The molecule has 0 heterocycles. The van der Waals surface area contributed by atoms with Crippen molar-refractivity contribution < 1.29 is 14.6 Å². The van der Waals surface area contributed by atoms with Crippen LogP contribution in [-0.4, -0.2) is 28.8 Å². The lowest BCUT2D eigenvalue weighted by molar-refractivity contribution is -0.162. The van der Waals surface area contributed by atoms with Gasteiger partial charge in [0.2, 0.25) is 0 Å². The first kappa shape index (κ1) is 11.4. The van der Waals surface area contributed by atoms with E-state index in [1.54, 1.807) is 20.8 Å². The molecule has 0 saturated carbocycles. The van der Waals surface area contributed by atoms with E-state index in [0.717, 1.165) is 0 Å². The summed E-state index contributed by atoms with van der Waals surface area (Å²) in [5.41, 5.74) is 3.58. The van der Waals surface area contributed by atoms with Crippen molar-refractivity contribution in [3.8, 4) is 0 Å². The van der Waals surface area contributed by atoms with Crippen molar-refractivity contribution >= 4 is 5.97 Å². The van der Waals surface area contributed by atoms with Crippen LogP contribution in [0.15, 0.2) is 0 Å². The van der Waals surface area contributed by atoms with Gasteiger partial charge in [0, 0.05) is 0 Å². The lowest BCUT2D eigenvalue weighted by atomic mass is 10.1. The van der Waals surface area contributed by atoms with Crippen LogP contribution in [-0.2, 0) is 9.53 Å². The Morgan fingerprint density at radius 1 is 1.42 bits per heavy atom. The fourth-order valence-corrected chi connectivity index (χ4v) is 0.459. The minimum Gasteiger partial charge on any atom is -0.459 e. The monoisotopic (exact) mass is 175 g/mol. The highest BCUT2D eigenvalue weighted by atomic mass is 16.6. The van der Waals surface area contributed by atoms with Gasteiger partial charge in [0.05, 0.1) is 6.61 Å². The van der Waals surface area contributed by atoms with Gasteiger partial charge in [0.25, 0.3) is 0 Å². The van der Waals surface area contributed by atoms with Crippen molar-refractivity contribution in [1.82, 2.24) is 0 Å². The highest BCUT2D eigenvalue weighted by Crippen LogP contribution is 2.11. The molecule has 3 N–H and O–H groups in total. The summed E-state index contributed by atoms with van der Waals surface area (Å²) in [5.74, 6) is -0.586. The Morgan fingerprint density at radius 2 is 1.83 bits per heavy atom. The quantitative estimate of drug-likeness (QED) is 0.581. The number of aliphatic hydroxyl groups is 1. The zero-order valence-electron chi connectivity index (χ0n) is 8.05. The Labute approximate surface area is 72.7 Å². The van der Waals surface area contributed by atoms with Crippen LogP contribution < -0.4 is 5.73 Å². The molecule has 0 fully saturated rings. The number of ether oxygens (including phenoxy) is 1. The lowest BCUT2D eigenvalue weighted by Crippen LogP contribution is -2.51. The number of rotatable bonds is 2. The van der Waals surface area contributed by atoms with E-state index in [-0.39, 0.29) is 0 Å². The van der Waals surface area contributed by atoms with Crippen LogP contribution in [0.4, 0.5) is 0 Å². The van der Waals surface area contributed by atoms with Gasteiger partial charge in [0.15, 0.2) is 0 Å². The van der Waals surface area contributed by atoms with Gasteiger partial charge in [-0.2, -0.15) is 0 Å². The molecule has 0 aromatic heterocycles. The zero-order valence-corrected chi connectivity index (χ0v) is 8.05. The molecule has 0 amide bonds. The van der Waals surface area contributed by atoms with Crippen LogP contribution in [0.2, 0.25) is 0 Å². The van der Waals surface area contributed by atoms with Gasteiger partial charge in [-0.3, -0.25) is 0 Å². The van der Waals surface area contributed by atoms with Gasteiger partial charge in [-0.1, -0.05) is 0 Å². The van der Waals surface area contributed by atoms with Crippen LogP contribution in [0.3, 0.4) is 0 Å². The van der Waals surface area contributed by atoms with Gasteiger partial charge < -0.3 is 15.6 Å². The number of hydrogen-bond acceptors (Lipinski definition) is 4. The van der Waals surface area contributed by atoms with Crippen LogP contribution in [0.5, 0.6) is 0 Å². The molecule has 1 atom stereocenters. The van der Waals surface area contributed by atoms with E-state index in [1.807, 2.05) is 0 Å². The van der Waals surface area contributed by atoms with Gasteiger partial charge in [-0.05, 0) is 27.7 Å². The van der Waals surface area contributed by atoms with E-state index in [2.05, 4.69) is 0 Å². The third-order valence-corrected chi connectivity index (χ3v) is 1.19. The van der Waals surface area contributed by atoms with Crippen LogP contribution in [0, 0.1) is 0 Å². The Hall–Kier alpha value is -0.610. The normalized spacial score (nSPS) is 16.8. The molecule has 0 aliphatic rings. The number of hydrogen-bond donors (Lipinski definition) is 2. The second-order valence-corrected chi connectivity index (χ2v) is 4.08. The van der Waals surface area contributed by atoms with Crippen molar-refractivity contribution in [3.05, 3.63) is 0 Å². The fourth-order valence-electron chi connectivity index (χ4n) is 0.459. The second-order valence-electron chi connectivity index (χ2n) is 4.08. The first-order valence-electron chi connectivity index (χ1n) is 3.82. The number of aliphatic hydroxyl groups excluding tert-OH is 1. The van der Waals surface area contributed by atoms with Crippen LogP contribution >= 0.6 is 0 Å². The zero-order chi connectivity index (χ0) is 9.99. The fraction of sp³-hybridized carbons (Fsp3) is 0.875. The summed E-state index contributed by atoms with van der Waals surface area (Å²) in [5, 5.41) is 8.74. The van der Waals surface area contributed by atoms with E-state index in [1.165, 1.54) is 6.92 Å². The van der Waals surface area contributed by atoms with E-state index in [9.17, 15) is 4.79 Å². The first-order chi connectivity index (χ1) is 5.19. The number of esters is 1. The lowest BCUT2D eigenvalue weighted by Gasteiger charge is -2.26. The average molecular weight is 175 g/mol. The maximum absolute atomic E-state index is 11.2. The highest BCUT2D eigenvalue weighted by Gasteiger charge is 2.32. The molecule has 0 aromatic rings. The number of carbonyl (C=O) groups excluding carboxylic acids is 1. The molecule has 4 heteroatoms. The molecular weight excluding hydrogens is 158 g/mol. The third kappa shape index (κ3) is 3.69. The molecule has 0 bridgehead atoms. The highest BCUT2D eigenvalue weighted by molar-refractivity contribution is 5.80. The molecule has 12 heavy (non-hydrogen) atoms. The molecule has 0 saturated heterocycles. The molecule has 0 unspecified atom stereocenters. The summed E-state index contributed by atoms with van der Waals surface area (Å²) >= 11 is 0. The Balaban J connectivity index is 4.23. The first-order valence-corrected chi connectivity index (χ1v) is 3.82. The maximum Gasteiger partial charge on any atom is 0.328 e. The minimum absolute atomic E-state index is 0.415. The van der Waals surface area contributed by atoms with E-state index >= 15 is 0 Å². The van der Waals surface area contributed by atoms with E-state index in [0.29, 0.717) is 0 Å². The Kier molecular flexibility index (Phi) is 3.24. The largest absolute Gasteiger partial charge is 0.459 e. The van der Waals surface area contributed by atoms with Crippen molar-refractivity contribution in [2.75, 3.05) is 6.61 Å². The smallest absolute Gasteiger partial charge is 0.328 e. The predicted molar refractivity (Wildman–Crippen MR) is 45.5 cm³/mol. The third-order valence-electron chi connectivity index (χ3n) is 1.19. The van der Waals surface area contributed by atoms with Gasteiger partial charge in [-0.15, -0.1) is 0 Å². The topological polar surface area (TPSA) is 72.5 Å². The molecule has 0 aliphatic heterocycles. The summed E-state index contributed by atoms with van der Waals surface area (Å²) in [4.78, 5) is 11.2. The SMILES string of the molecule is CC(C)(C)OC(=O)[C@@](C)(N)CO. The molecule has 72 valence electrons.